The van der Waals surface area contributed by atoms with Gasteiger partial charge in [0.25, 0.3) is 5.91 Å². The van der Waals surface area contributed by atoms with Crippen LogP contribution in [0.4, 0.5) is 0 Å². The number of esters is 1. The molecule has 0 heterocycles. The number of carboxylic acid groups (broad SMARTS) is 1. The summed E-state index contributed by atoms with van der Waals surface area (Å²) in [5.41, 5.74) is 0.144. The van der Waals surface area contributed by atoms with Crippen molar-refractivity contribution >= 4 is 17.8 Å². The monoisotopic (exact) mass is 373 g/mol. The standard InChI is InChI=1S/C19H19NO7/c1-25-14-9-8-11(10-15(14)26-2)16(19(24)27-3)20-17(21)12-6-4-5-7-13(12)18(22)23/h4-10,16H,1-3H3,(H,20,21)(H,22,23)/t16-/m1/s1. The van der Waals surface area contributed by atoms with Crippen LogP contribution in [-0.4, -0.2) is 44.3 Å². The van der Waals surface area contributed by atoms with Crippen LogP contribution in [0.3, 0.4) is 0 Å². The van der Waals surface area contributed by atoms with Crippen LogP contribution >= 0.6 is 0 Å². The average Bonchev–Trinajstić information content (AvgIpc) is 2.70. The summed E-state index contributed by atoms with van der Waals surface area (Å²) in [6, 6.07) is 9.24. The zero-order valence-corrected chi connectivity index (χ0v) is 15.0. The third-order valence-corrected chi connectivity index (χ3v) is 3.86. The Morgan fingerprint density at radius 3 is 2.11 bits per heavy atom. The summed E-state index contributed by atoms with van der Waals surface area (Å²) in [6.45, 7) is 0. The molecule has 0 saturated heterocycles. The molecule has 2 N–H and O–H groups in total. The van der Waals surface area contributed by atoms with Crippen molar-refractivity contribution in [2.45, 2.75) is 6.04 Å². The number of ether oxygens (including phenoxy) is 3. The highest BCUT2D eigenvalue weighted by atomic mass is 16.5. The number of carboxylic acids is 1. The largest absolute Gasteiger partial charge is 0.493 e. The highest BCUT2D eigenvalue weighted by Crippen LogP contribution is 2.30. The first kappa shape index (κ1) is 19.8. The van der Waals surface area contributed by atoms with Gasteiger partial charge in [-0.05, 0) is 29.8 Å². The summed E-state index contributed by atoms with van der Waals surface area (Å²) >= 11 is 0. The highest BCUT2D eigenvalue weighted by Gasteiger charge is 2.27. The zero-order valence-electron chi connectivity index (χ0n) is 15.0. The van der Waals surface area contributed by atoms with Crippen LogP contribution in [0, 0.1) is 0 Å². The molecule has 8 heteroatoms. The third kappa shape index (κ3) is 4.35. The van der Waals surface area contributed by atoms with Crippen molar-refractivity contribution in [3.63, 3.8) is 0 Å². The van der Waals surface area contributed by atoms with Gasteiger partial charge in [-0.2, -0.15) is 0 Å². The molecule has 27 heavy (non-hydrogen) atoms. The van der Waals surface area contributed by atoms with Crippen LogP contribution in [0.15, 0.2) is 42.5 Å². The molecule has 1 atom stereocenters. The molecule has 2 aromatic carbocycles. The van der Waals surface area contributed by atoms with Crippen LogP contribution in [0.1, 0.15) is 32.3 Å². The fourth-order valence-corrected chi connectivity index (χ4v) is 2.51. The van der Waals surface area contributed by atoms with E-state index in [4.69, 9.17) is 14.2 Å². The summed E-state index contributed by atoms with van der Waals surface area (Å²) in [5, 5.41) is 11.8. The number of methoxy groups -OCH3 is 3. The maximum absolute atomic E-state index is 12.6. The smallest absolute Gasteiger partial charge is 0.336 e. The number of benzene rings is 2. The van der Waals surface area contributed by atoms with Crippen molar-refractivity contribution in [3.8, 4) is 11.5 Å². The molecule has 142 valence electrons. The van der Waals surface area contributed by atoms with Crippen molar-refractivity contribution < 1.29 is 33.7 Å². The summed E-state index contributed by atoms with van der Waals surface area (Å²) in [5.74, 6) is -1.88. The number of hydrogen-bond donors (Lipinski definition) is 2. The third-order valence-electron chi connectivity index (χ3n) is 3.86. The first-order chi connectivity index (χ1) is 12.9. The Kier molecular flexibility index (Phi) is 6.37. The van der Waals surface area contributed by atoms with Crippen molar-refractivity contribution in [2.75, 3.05) is 21.3 Å². The maximum Gasteiger partial charge on any atom is 0.336 e. The van der Waals surface area contributed by atoms with Crippen LogP contribution < -0.4 is 14.8 Å². The molecular formula is C19H19NO7. The van der Waals surface area contributed by atoms with Crippen molar-refractivity contribution in [1.82, 2.24) is 5.32 Å². The van der Waals surface area contributed by atoms with Crippen LogP contribution in [0.25, 0.3) is 0 Å². The summed E-state index contributed by atoms with van der Waals surface area (Å²) in [6.07, 6.45) is 0. The van der Waals surface area contributed by atoms with E-state index in [1.54, 1.807) is 12.1 Å². The van der Waals surface area contributed by atoms with Gasteiger partial charge in [-0.25, -0.2) is 9.59 Å². The first-order valence-corrected chi connectivity index (χ1v) is 7.85. The van der Waals surface area contributed by atoms with Crippen molar-refractivity contribution in [3.05, 3.63) is 59.2 Å². The van der Waals surface area contributed by atoms with Crippen LogP contribution in [-0.2, 0) is 9.53 Å². The number of aromatic carboxylic acids is 1. The van der Waals surface area contributed by atoms with E-state index in [2.05, 4.69) is 5.32 Å². The summed E-state index contributed by atoms with van der Waals surface area (Å²) in [7, 11) is 4.10. The van der Waals surface area contributed by atoms with E-state index in [9.17, 15) is 19.5 Å². The Hall–Kier alpha value is -3.55. The molecule has 8 nitrogen and oxygen atoms in total. The Morgan fingerprint density at radius 2 is 1.56 bits per heavy atom. The SMILES string of the molecule is COC(=O)[C@H](NC(=O)c1ccccc1C(=O)O)c1ccc(OC)c(OC)c1. The fraction of sp³-hybridized carbons (Fsp3) is 0.211. The second-order valence-electron chi connectivity index (χ2n) is 5.39. The minimum Gasteiger partial charge on any atom is -0.493 e. The average molecular weight is 373 g/mol. The first-order valence-electron chi connectivity index (χ1n) is 7.85. The molecule has 1 amide bonds. The topological polar surface area (TPSA) is 111 Å². The van der Waals surface area contributed by atoms with Gasteiger partial charge >= 0.3 is 11.9 Å². The molecule has 2 rings (SSSR count). The fourth-order valence-electron chi connectivity index (χ4n) is 2.51. The number of nitrogens with one attached hydrogen (secondary N) is 1. The van der Waals surface area contributed by atoms with Gasteiger partial charge in [0.2, 0.25) is 0 Å². The van der Waals surface area contributed by atoms with Crippen LogP contribution in [0.2, 0.25) is 0 Å². The van der Waals surface area contributed by atoms with Gasteiger partial charge in [-0.3, -0.25) is 4.79 Å². The maximum atomic E-state index is 12.6. The second kappa shape index (κ2) is 8.70. The van der Waals surface area contributed by atoms with E-state index in [0.717, 1.165) is 0 Å². The number of carbonyl (C=O) groups excluding carboxylic acids is 2. The highest BCUT2D eigenvalue weighted by molar-refractivity contribution is 6.05. The van der Waals surface area contributed by atoms with Gasteiger partial charge in [0.05, 0.1) is 32.5 Å². The molecule has 0 aliphatic carbocycles. The number of rotatable bonds is 7. The molecule has 0 saturated carbocycles. The van der Waals surface area contributed by atoms with Gasteiger partial charge < -0.3 is 24.6 Å². The van der Waals surface area contributed by atoms with E-state index in [-0.39, 0.29) is 11.1 Å². The van der Waals surface area contributed by atoms with Gasteiger partial charge in [0.15, 0.2) is 17.5 Å². The Morgan fingerprint density at radius 1 is 0.926 bits per heavy atom. The minimum atomic E-state index is -1.25. The molecule has 0 aliphatic heterocycles. The lowest BCUT2D eigenvalue weighted by atomic mass is 10.0. The predicted molar refractivity (Wildman–Crippen MR) is 95.2 cm³/mol. The molecule has 0 bridgehead atoms. The molecule has 0 unspecified atom stereocenters. The lowest BCUT2D eigenvalue weighted by Gasteiger charge is -2.19. The Labute approximate surface area is 155 Å². The van der Waals surface area contributed by atoms with E-state index < -0.39 is 23.9 Å². The van der Waals surface area contributed by atoms with E-state index in [1.165, 1.54) is 51.7 Å². The number of amides is 1. The molecule has 0 radical (unpaired) electrons. The van der Waals surface area contributed by atoms with Crippen molar-refractivity contribution in [1.29, 1.82) is 0 Å². The second-order valence-corrected chi connectivity index (χ2v) is 5.39. The van der Waals surface area contributed by atoms with Crippen LogP contribution in [0.5, 0.6) is 11.5 Å². The van der Waals surface area contributed by atoms with Gasteiger partial charge in [-0.1, -0.05) is 18.2 Å². The minimum absolute atomic E-state index is 0.0700. The number of carbonyl (C=O) groups is 3. The Balaban J connectivity index is 2.40. The Bertz CT molecular complexity index is 863. The molecule has 2 aromatic rings. The molecule has 0 fully saturated rings. The normalized spacial score (nSPS) is 11.2. The predicted octanol–water partition coefficient (Wildman–Crippen LogP) is 2.05. The molecule has 0 aliphatic rings. The molecule has 0 spiro atoms. The summed E-state index contributed by atoms with van der Waals surface area (Å²) in [4.78, 5) is 36.2. The lowest BCUT2D eigenvalue weighted by molar-refractivity contribution is -0.143. The van der Waals surface area contributed by atoms with E-state index in [1.807, 2.05) is 0 Å². The molecule has 0 aromatic heterocycles. The van der Waals surface area contributed by atoms with Gasteiger partial charge in [-0.15, -0.1) is 0 Å². The zero-order chi connectivity index (χ0) is 20.0. The van der Waals surface area contributed by atoms with Gasteiger partial charge in [0.1, 0.15) is 0 Å². The lowest BCUT2D eigenvalue weighted by Crippen LogP contribution is -2.35. The van der Waals surface area contributed by atoms with Gasteiger partial charge in [0, 0.05) is 0 Å². The quantitative estimate of drug-likeness (QED) is 0.715. The summed E-state index contributed by atoms with van der Waals surface area (Å²) < 4.78 is 15.1. The van der Waals surface area contributed by atoms with E-state index >= 15 is 0 Å². The number of hydrogen-bond acceptors (Lipinski definition) is 6. The van der Waals surface area contributed by atoms with E-state index in [0.29, 0.717) is 17.1 Å². The molecular weight excluding hydrogens is 354 g/mol. The van der Waals surface area contributed by atoms with Crippen molar-refractivity contribution in [2.24, 2.45) is 0 Å².